The van der Waals surface area contributed by atoms with Crippen LogP contribution < -0.4 is 0 Å². The minimum Gasteiger partial charge on any atom is -0.298 e. The summed E-state index contributed by atoms with van der Waals surface area (Å²) in [4.78, 5) is 11.1. The van der Waals surface area contributed by atoms with E-state index < -0.39 is 0 Å². The second-order valence-corrected chi connectivity index (χ2v) is 2.72. The summed E-state index contributed by atoms with van der Waals surface area (Å²) < 4.78 is 0. The van der Waals surface area contributed by atoms with Gasteiger partial charge in [-0.3, -0.25) is 4.79 Å². The van der Waals surface area contributed by atoms with E-state index in [2.05, 4.69) is 0 Å². The SMILES string of the molecule is CC1C=CC=C(C=O)C1=S. The molecule has 52 valence electrons. The smallest absolute Gasteiger partial charge is 0.151 e. The third-order valence-corrected chi connectivity index (χ3v) is 2.11. The molecule has 1 rings (SSSR count). The molecule has 0 aromatic heterocycles. The van der Waals surface area contributed by atoms with Crippen molar-refractivity contribution in [1.29, 1.82) is 0 Å². The fourth-order valence-electron chi connectivity index (χ4n) is 0.856. The first-order valence-electron chi connectivity index (χ1n) is 3.13. The maximum Gasteiger partial charge on any atom is 0.151 e. The summed E-state index contributed by atoms with van der Waals surface area (Å²) in [6.45, 7) is 1.98. The van der Waals surface area contributed by atoms with Crippen LogP contribution in [0.3, 0.4) is 0 Å². The largest absolute Gasteiger partial charge is 0.298 e. The molecule has 0 fully saturated rings. The highest BCUT2D eigenvalue weighted by atomic mass is 32.1. The van der Waals surface area contributed by atoms with Crippen molar-refractivity contribution >= 4 is 23.4 Å². The third kappa shape index (κ3) is 1.21. The van der Waals surface area contributed by atoms with Crippen LogP contribution in [0.4, 0.5) is 0 Å². The molecule has 1 atom stereocenters. The Hall–Kier alpha value is -0.760. The predicted octanol–water partition coefficient (Wildman–Crippen LogP) is 1.69. The van der Waals surface area contributed by atoms with E-state index in [1.165, 1.54) is 0 Å². The summed E-state index contributed by atoms with van der Waals surface area (Å²) in [5.74, 6) is 0.236. The maximum absolute atomic E-state index is 10.3. The Morgan fingerprint density at radius 2 is 2.40 bits per heavy atom. The molecule has 0 saturated heterocycles. The van der Waals surface area contributed by atoms with Gasteiger partial charge in [0.1, 0.15) is 0 Å². The molecule has 0 amide bonds. The van der Waals surface area contributed by atoms with Gasteiger partial charge in [0.25, 0.3) is 0 Å². The van der Waals surface area contributed by atoms with Gasteiger partial charge in [-0.25, -0.2) is 0 Å². The van der Waals surface area contributed by atoms with Gasteiger partial charge in [0.05, 0.1) is 0 Å². The van der Waals surface area contributed by atoms with Gasteiger partial charge in [0, 0.05) is 16.4 Å². The highest BCUT2D eigenvalue weighted by Crippen LogP contribution is 2.13. The molecule has 0 aromatic carbocycles. The van der Waals surface area contributed by atoms with E-state index in [0.717, 1.165) is 11.2 Å². The van der Waals surface area contributed by atoms with E-state index in [-0.39, 0.29) is 5.92 Å². The van der Waals surface area contributed by atoms with Crippen LogP contribution in [0.5, 0.6) is 0 Å². The van der Waals surface area contributed by atoms with Crippen LogP contribution in [0, 0.1) is 5.92 Å². The zero-order chi connectivity index (χ0) is 7.56. The van der Waals surface area contributed by atoms with Gasteiger partial charge in [-0.05, 0) is 0 Å². The Balaban J connectivity index is 2.92. The van der Waals surface area contributed by atoms with Crippen LogP contribution in [-0.2, 0) is 4.79 Å². The fraction of sp³-hybridized carbons (Fsp3) is 0.250. The summed E-state index contributed by atoms with van der Waals surface area (Å²) in [7, 11) is 0. The van der Waals surface area contributed by atoms with Crippen molar-refractivity contribution in [3.05, 3.63) is 23.8 Å². The Bertz CT molecular complexity index is 225. The molecule has 0 radical (unpaired) electrons. The summed E-state index contributed by atoms with van der Waals surface area (Å²) in [6.07, 6.45) is 6.40. The molecule has 0 spiro atoms. The second-order valence-electron chi connectivity index (χ2n) is 2.28. The number of rotatable bonds is 1. The molecular formula is C8H8OS. The van der Waals surface area contributed by atoms with Crippen LogP contribution >= 0.6 is 12.2 Å². The van der Waals surface area contributed by atoms with Gasteiger partial charge in [-0.1, -0.05) is 37.4 Å². The topological polar surface area (TPSA) is 17.1 Å². The zero-order valence-electron chi connectivity index (χ0n) is 5.70. The number of allylic oxidation sites excluding steroid dienone is 4. The fourth-order valence-corrected chi connectivity index (χ4v) is 1.05. The first kappa shape index (κ1) is 7.35. The van der Waals surface area contributed by atoms with Gasteiger partial charge < -0.3 is 0 Å². The van der Waals surface area contributed by atoms with Crippen LogP contribution in [0.25, 0.3) is 0 Å². The van der Waals surface area contributed by atoms with Crippen molar-refractivity contribution in [3.8, 4) is 0 Å². The molecule has 0 bridgehead atoms. The first-order valence-corrected chi connectivity index (χ1v) is 3.54. The lowest BCUT2D eigenvalue weighted by Crippen LogP contribution is -2.12. The molecule has 1 nitrogen and oxygen atoms in total. The lowest BCUT2D eigenvalue weighted by molar-refractivity contribution is -0.104. The van der Waals surface area contributed by atoms with E-state index in [9.17, 15) is 4.79 Å². The highest BCUT2D eigenvalue weighted by Gasteiger charge is 2.11. The van der Waals surface area contributed by atoms with Crippen molar-refractivity contribution in [1.82, 2.24) is 0 Å². The van der Waals surface area contributed by atoms with E-state index >= 15 is 0 Å². The van der Waals surface area contributed by atoms with Crippen molar-refractivity contribution in [2.45, 2.75) is 6.92 Å². The zero-order valence-corrected chi connectivity index (χ0v) is 6.52. The molecule has 0 heterocycles. The minimum absolute atomic E-state index is 0.236. The van der Waals surface area contributed by atoms with Crippen LogP contribution in [0.1, 0.15) is 6.92 Å². The lowest BCUT2D eigenvalue weighted by atomic mass is 9.97. The average Bonchev–Trinajstić information content (AvgIpc) is 1.95. The van der Waals surface area contributed by atoms with Crippen molar-refractivity contribution in [2.24, 2.45) is 5.92 Å². The summed E-state index contributed by atoms with van der Waals surface area (Å²) in [5.41, 5.74) is 0.644. The van der Waals surface area contributed by atoms with Gasteiger partial charge in [-0.15, -0.1) is 0 Å². The number of hydrogen-bond donors (Lipinski definition) is 0. The molecule has 1 aliphatic carbocycles. The molecule has 0 saturated carbocycles. The molecule has 0 aliphatic heterocycles. The first-order chi connectivity index (χ1) is 4.75. The summed E-state index contributed by atoms with van der Waals surface area (Å²) in [6, 6.07) is 0. The number of hydrogen-bond acceptors (Lipinski definition) is 2. The number of carbonyl (C=O) groups excluding carboxylic acids is 1. The maximum atomic E-state index is 10.3. The Morgan fingerprint density at radius 1 is 1.70 bits per heavy atom. The van der Waals surface area contributed by atoms with E-state index in [0.29, 0.717) is 5.57 Å². The van der Waals surface area contributed by atoms with Crippen LogP contribution in [-0.4, -0.2) is 11.2 Å². The lowest BCUT2D eigenvalue weighted by Gasteiger charge is -2.10. The van der Waals surface area contributed by atoms with Gasteiger partial charge >= 0.3 is 0 Å². The van der Waals surface area contributed by atoms with Gasteiger partial charge in [0.2, 0.25) is 0 Å². The minimum atomic E-state index is 0.236. The predicted molar refractivity (Wildman–Crippen MR) is 45.0 cm³/mol. The van der Waals surface area contributed by atoms with Gasteiger partial charge in [-0.2, -0.15) is 0 Å². The molecule has 0 aromatic rings. The van der Waals surface area contributed by atoms with Crippen molar-refractivity contribution in [2.75, 3.05) is 0 Å². The summed E-state index contributed by atoms with van der Waals surface area (Å²) >= 11 is 5.00. The molecule has 0 N–H and O–H groups in total. The monoisotopic (exact) mass is 152 g/mol. The molecule has 1 unspecified atom stereocenters. The van der Waals surface area contributed by atoms with E-state index in [4.69, 9.17) is 12.2 Å². The molecule has 2 heteroatoms. The van der Waals surface area contributed by atoms with Crippen molar-refractivity contribution < 1.29 is 4.79 Å². The molecule has 10 heavy (non-hydrogen) atoms. The third-order valence-electron chi connectivity index (χ3n) is 1.50. The molecular weight excluding hydrogens is 144 g/mol. The Labute approximate surface area is 65.4 Å². The van der Waals surface area contributed by atoms with Crippen molar-refractivity contribution in [3.63, 3.8) is 0 Å². The van der Waals surface area contributed by atoms with Crippen LogP contribution in [0.15, 0.2) is 23.8 Å². The Morgan fingerprint density at radius 3 is 2.90 bits per heavy atom. The normalized spacial score (nSPS) is 24.3. The number of aldehydes is 1. The van der Waals surface area contributed by atoms with E-state index in [1.54, 1.807) is 6.08 Å². The number of thiocarbonyl (C=S) groups is 1. The standard InChI is InChI=1S/C8H8OS/c1-6-3-2-4-7(5-9)8(6)10/h2-6H,1H3. The summed E-state index contributed by atoms with van der Waals surface area (Å²) in [5, 5.41) is 0. The molecule has 1 aliphatic rings. The van der Waals surface area contributed by atoms with Crippen LogP contribution in [0.2, 0.25) is 0 Å². The average molecular weight is 152 g/mol. The second kappa shape index (κ2) is 2.88. The highest BCUT2D eigenvalue weighted by molar-refractivity contribution is 7.81. The quantitative estimate of drug-likeness (QED) is 0.420. The number of carbonyl (C=O) groups is 1. The van der Waals surface area contributed by atoms with E-state index in [1.807, 2.05) is 19.1 Å². The Kier molecular flexibility index (Phi) is 2.12. The van der Waals surface area contributed by atoms with Gasteiger partial charge in [0.15, 0.2) is 6.29 Å².